The molecule has 1 amide bonds. The van der Waals surface area contributed by atoms with Gasteiger partial charge < -0.3 is 19.3 Å². The second-order valence-corrected chi connectivity index (χ2v) is 5.12. The van der Waals surface area contributed by atoms with E-state index in [1.54, 1.807) is 12.1 Å². The first-order valence-electron chi connectivity index (χ1n) is 7.28. The highest BCUT2D eigenvalue weighted by Crippen LogP contribution is 2.36. The molecule has 0 aliphatic carbocycles. The molecule has 0 fully saturated rings. The third-order valence-corrected chi connectivity index (χ3v) is 3.51. The molecule has 0 saturated carbocycles. The average Bonchev–Trinajstić information content (AvgIpc) is 3.10. The van der Waals surface area contributed by atoms with Crippen molar-refractivity contribution in [3.05, 3.63) is 51.6 Å². The fourth-order valence-electron chi connectivity index (χ4n) is 2.25. The van der Waals surface area contributed by atoms with E-state index in [4.69, 9.17) is 14.2 Å². The molecule has 0 atom stereocenters. The van der Waals surface area contributed by atoms with E-state index in [-0.39, 0.29) is 18.1 Å². The standard InChI is InChI=1S/C16H13N3O7/c1-24-14-5-9(4-11(15(14)20)19(22)23)7-17-18-16(21)10-2-3-12-13(6-10)26-8-25-12/h2-7,20H,8H2,1H3,(H,18,21). The maximum atomic E-state index is 12.1. The predicted molar refractivity (Wildman–Crippen MR) is 88.9 cm³/mol. The Morgan fingerprint density at radius 3 is 2.85 bits per heavy atom. The number of nitrogens with zero attached hydrogens (tertiary/aromatic N) is 2. The monoisotopic (exact) mass is 359 g/mol. The summed E-state index contributed by atoms with van der Waals surface area (Å²) >= 11 is 0. The number of carbonyl (C=O) groups is 1. The van der Waals surface area contributed by atoms with Crippen LogP contribution < -0.4 is 19.6 Å². The molecule has 1 aliphatic heterocycles. The van der Waals surface area contributed by atoms with Crippen molar-refractivity contribution in [1.29, 1.82) is 0 Å². The molecule has 0 bridgehead atoms. The lowest BCUT2D eigenvalue weighted by Gasteiger charge is -2.05. The second-order valence-electron chi connectivity index (χ2n) is 5.12. The number of hydrogen-bond acceptors (Lipinski definition) is 8. The third kappa shape index (κ3) is 3.34. The van der Waals surface area contributed by atoms with Gasteiger partial charge >= 0.3 is 5.69 Å². The Balaban J connectivity index is 1.75. The predicted octanol–water partition coefficient (Wildman–Crippen LogP) is 1.80. The summed E-state index contributed by atoms with van der Waals surface area (Å²) in [6, 6.07) is 7.12. The molecule has 1 heterocycles. The number of nitrogens with one attached hydrogen (secondary N) is 1. The van der Waals surface area contributed by atoms with Gasteiger partial charge in [0.15, 0.2) is 17.2 Å². The Morgan fingerprint density at radius 2 is 2.12 bits per heavy atom. The van der Waals surface area contributed by atoms with Crippen LogP contribution in [-0.2, 0) is 0 Å². The second kappa shape index (κ2) is 6.97. The molecular weight excluding hydrogens is 346 g/mol. The van der Waals surface area contributed by atoms with Crippen LogP contribution in [-0.4, -0.2) is 36.1 Å². The number of rotatable bonds is 5. The van der Waals surface area contributed by atoms with Crippen molar-refractivity contribution in [1.82, 2.24) is 5.43 Å². The van der Waals surface area contributed by atoms with E-state index in [0.29, 0.717) is 17.1 Å². The molecule has 134 valence electrons. The molecule has 0 aromatic heterocycles. The zero-order valence-electron chi connectivity index (χ0n) is 13.5. The number of amides is 1. The van der Waals surface area contributed by atoms with Crippen LogP contribution in [0.15, 0.2) is 35.4 Å². The molecule has 0 spiro atoms. The highest BCUT2D eigenvalue weighted by molar-refractivity contribution is 5.95. The summed E-state index contributed by atoms with van der Waals surface area (Å²) in [6.07, 6.45) is 1.19. The molecule has 26 heavy (non-hydrogen) atoms. The molecule has 2 aromatic rings. The quantitative estimate of drug-likeness (QED) is 0.472. The summed E-state index contributed by atoms with van der Waals surface area (Å²) in [4.78, 5) is 22.3. The third-order valence-electron chi connectivity index (χ3n) is 3.51. The van der Waals surface area contributed by atoms with Gasteiger partial charge in [0, 0.05) is 17.2 Å². The summed E-state index contributed by atoms with van der Waals surface area (Å²) in [5.74, 6) is -0.157. The van der Waals surface area contributed by atoms with Crippen LogP contribution in [0.1, 0.15) is 15.9 Å². The highest BCUT2D eigenvalue weighted by atomic mass is 16.7. The van der Waals surface area contributed by atoms with Gasteiger partial charge in [-0.25, -0.2) is 5.43 Å². The maximum absolute atomic E-state index is 12.1. The summed E-state index contributed by atoms with van der Waals surface area (Å²) in [7, 11) is 1.26. The Morgan fingerprint density at radius 1 is 1.35 bits per heavy atom. The number of phenols is 1. The van der Waals surface area contributed by atoms with E-state index in [9.17, 15) is 20.0 Å². The van der Waals surface area contributed by atoms with Crippen molar-refractivity contribution in [3.63, 3.8) is 0 Å². The number of ether oxygens (including phenoxy) is 3. The molecular formula is C16H13N3O7. The van der Waals surface area contributed by atoms with Crippen molar-refractivity contribution in [2.24, 2.45) is 5.10 Å². The first-order chi connectivity index (χ1) is 12.5. The fraction of sp³-hybridized carbons (Fsp3) is 0.125. The lowest BCUT2D eigenvalue weighted by molar-refractivity contribution is -0.386. The minimum atomic E-state index is -0.750. The van der Waals surface area contributed by atoms with Crippen LogP contribution >= 0.6 is 0 Å². The van der Waals surface area contributed by atoms with Gasteiger partial charge in [-0.1, -0.05) is 0 Å². The van der Waals surface area contributed by atoms with E-state index in [2.05, 4.69) is 10.5 Å². The molecule has 2 N–H and O–H groups in total. The highest BCUT2D eigenvalue weighted by Gasteiger charge is 2.19. The van der Waals surface area contributed by atoms with Crippen molar-refractivity contribution < 1.29 is 29.0 Å². The Bertz CT molecular complexity index is 911. The molecule has 3 rings (SSSR count). The Kier molecular flexibility index (Phi) is 4.56. The van der Waals surface area contributed by atoms with Crippen LogP contribution in [0, 0.1) is 10.1 Å². The van der Waals surface area contributed by atoms with Crippen molar-refractivity contribution in [2.45, 2.75) is 0 Å². The van der Waals surface area contributed by atoms with E-state index in [1.807, 2.05) is 0 Å². The summed E-state index contributed by atoms with van der Waals surface area (Å²) in [5, 5.41) is 24.4. The van der Waals surface area contributed by atoms with Crippen molar-refractivity contribution >= 4 is 17.8 Å². The number of carbonyl (C=O) groups excluding carboxylic acids is 1. The lowest BCUT2D eigenvalue weighted by Crippen LogP contribution is -2.17. The van der Waals surface area contributed by atoms with Gasteiger partial charge in [-0.05, 0) is 24.3 Å². The molecule has 0 radical (unpaired) electrons. The van der Waals surface area contributed by atoms with Gasteiger partial charge in [-0.3, -0.25) is 14.9 Å². The van der Waals surface area contributed by atoms with E-state index in [1.165, 1.54) is 25.5 Å². The molecule has 2 aromatic carbocycles. The smallest absolute Gasteiger partial charge is 0.315 e. The summed E-state index contributed by atoms with van der Waals surface area (Å²) < 4.78 is 15.2. The normalized spacial score (nSPS) is 12.2. The molecule has 1 aliphatic rings. The van der Waals surface area contributed by atoms with Crippen LogP contribution in [0.25, 0.3) is 0 Å². The maximum Gasteiger partial charge on any atom is 0.315 e. The SMILES string of the molecule is COc1cc(C=NNC(=O)c2ccc3c(c2)OCO3)cc([N+](=O)[O-])c1O. The number of methoxy groups -OCH3 is 1. The minimum absolute atomic E-state index is 0.0808. The first-order valence-corrected chi connectivity index (χ1v) is 7.28. The number of benzene rings is 2. The van der Waals surface area contributed by atoms with E-state index >= 15 is 0 Å². The number of hydrogen-bond donors (Lipinski definition) is 2. The van der Waals surface area contributed by atoms with Gasteiger partial charge in [0.1, 0.15) is 0 Å². The van der Waals surface area contributed by atoms with Crippen LogP contribution in [0.4, 0.5) is 5.69 Å². The number of nitro benzene ring substituents is 1. The molecule has 0 unspecified atom stereocenters. The zero-order chi connectivity index (χ0) is 18.7. The number of phenolic OH excluding ortho intramolecular Hbond substituents is 1. The van der Waals surface area contributed by atoms with Gasteiger partial charge in [0.05, 0.1) is 18.2 Å². The Labute approximate surface area is 146 Å². The number of fused-ring (bicyclic) bond motifs is 1. The lowest BCUT2D eigenvalue weighted by atomic mass is 10.2. The van der Waals surface area contributed by atoms with Gasteiger partial charge in [0.2, 0.25) is 12.5 Å². The van der Waals surface area contributed by atoms with Crippen molar-refractivity contribution in [2.75, 3.05) is 13.9 Å². The number of aromatic hydroxyl groups is 1. The van der Waals surface area contributed by atoms with Crippen LogP contribution in [0.2, 0.25) is 0 Å². The molecule has 10 nitrogen and oxygen atoms in total. The fourth-order valence-corrected chi connectivity index (χ4v) is 2.25. The number of hydrazone groups is 1. The van der Waals surface area contributed by atoms with E-state index in [0.717, 1.165) is 6.07 Å². The minimum Gasteiger partial charge on any atom is -0.500 e. The van der Waals surface area contributed by atoms with Crippen molar-refractivity contribution in [3.8, 4) is 23.0 Å². The zero-order valence-corrected chi connectivity index (χ0v) is 13.5. The molecule has 10 heteroatoms. The van der Waals surface area contributed by atoms with Crippen LogP contribution in [0.5, 0.6) is 23.0 Å². The first kappa shape index (κ1) is 17.0. The summed E-state index contributed by atoms with van der Waals surface area (Å²) in [5.41, 5.74) is 2.33. The molecule has 0 saturated heterocycles. The van der Waals surface area contributed by atoms with Crippen LogP contribution in [0.3, 0.4) is 0 Å². The van der Waals surface area contributed by atoms with Gasteiger partial charge in [0.25, 0.3) is 5.91 Å². The summed E-state index contributed by atoms with van der Waals surface area (Å²) in [6.45, 7) is 0.0972. The number of nitro groups is 1. The van der Waals surface area contributed by atoms with E-state index < -0.39 is 22.3 Å². The van der Waals surface area contributed by atoms with Gasteiger partial charge in [-0.2, -0.15) is 5.10 Å². The van der Waals surface area contributed by atoms with Gasteiger partial charge in [-0.15, -0.1) is 0 Å². The largest absolute Gasteiger partial charge is 0.500 e. The Hall–Kier alpha value is -3.82. The average molecular weight is 359 g/mol. The topological polar surface area (TPSA) is 133 Å².